The molecule has 1 saturated heterocycles. The van der Waals surface area contributed by atoms with Crippen LogP contribution in [0.25, 0.3) is 0 Å². The summed E-state index contributed by atoms with van der Waals surface area (Å²) in [5.74, 6) is 0.294. The summed E-state index contributed by atoms with van der Waals surface area (Å²) in [6.45, 7) is 5.11. The van der Waals surface area contributed by atoms with Gasteiger partial charge in [-0.1, -0.05) is 17.7 Å². The van der Waals surface area contributed by atoms with Gasteiger partial charge in [-0.3, -0.25) is 0 Å². The van der Waals surface area contributed by atoms with Crippen molar-refractivity contribution < 1.29 is 9.90 Å². The molecule has 110 valence electrons. The Bertz CT molecular complexity index is 483. The highest BCUT2D eigenvalue weighted by Gasteiger charge is 2.25. The summed E-state index contributed by atoms with van der Waals surface area (Å²) >= 11 is 6.11. The van der Waals surface area contributed by atoms with Crippen LogP contribution in [0.1, 0.15) is 25.3 Å². The van der Waals surface area contributed by atoms with Crippen LogP contribution in [0.15, 0.2) is 18.2 Å². The number of benzene rings is 1. The number of carbonyl (C=O) groups excluding carboxylic acids is 1. The highest BCUT2D eigenvalue weighted by Crippen LogP contribution is 2.25. The van der Waals surface area contributed by atoms with Crippen LogP contribution in [0.4, 0.5) is 10.5 Å². The number of piperidine rings is 1. The van der Waals surface area contributed by atoms with Gasteiger partial charge < -0.3 is 15.3 Å². The lowest BCUT2D eigenvalue weighted by atomic mass is 9.92. The van der Waals surface area contributed by atoms with E-state index in [0.29, 0.717) is 29.7 Å². The molecule has 4 nitrogen and oxygen atoms in total. The first kappa shape index (κ1) is 15.1. The van der Waals surface area contributed by atoms with Crippen LogP contribution < -0.4 is 5.32 Å². The summed E-state index contributed by atoms with van der Waals surface area (Å²) < 4.78 is 0. The molecule has 0 spiro atoms. The lowest BCUT2D eigenvalue weighted by Crippen LogP contribution is -2.42. The van der Waals surface area contributed by atoms with Gasteiger partial charge in [-0.15, -0.1) is 0 Å². The monoisotopic (exact) mass is 296 g/mol. The van der Waals surface area contributed by atoms with Crippen LogP contribution in [0.2, 0.25) is 5.02 Å². The minimum Gasteiger partial charge on any atom is -0.393 e. The number of halogens is 1. The molecule has 1 atom stereocenters. The van der Waals surface area contributed by atoms with Crippen molar-refractivity contribution in [3.05, 3.63) is 28.8 Å². The second-order valence-electron chi connectivity index (χ2n) is 5.48. The smallest absolute Gasteiger partial charge is 0.321 e. The summed E-state index contributed by atoms with van der Waals surface area (Å²) in [7, 11) is 0. The third-order valence-corrected chi connectivity index (χ3v) is 4.19. The van der Waals surface area contributed by atoms with Gasteiger partial charge in [-0.2, -0.15) is 0 Å². The van der Waals surface area contributed by atoms with Crippen molar-refractivity contribution in [1.29, 1.82) is 0 Å². The van der Waals surface area contributed by atoms with Gasteiger partial charge in [0.25, 0.3) is 0 Å². The minimum atomic E-state index is -0.299. The average molecular weight is 297 g/mol. The molecular weight excluding hydrogens is 276 g/mol. The van der Waals surface area contributed by atoms with E-state index in [1.165, 1.54) is 0 Å². The molecule has 1 fully saturated rings. The summed E-state index contributed by atoms with van der Waals surface area (Å²) in [5, 5.41) is 13.0. The summed E-state index contributed by atoms with van der Waals surface area (Å²) in [6.07, 6.45) is 1.38. The first-order chi connectivity index (χ1) is 9.47. The normalized spacial score (nSPS) is 17.9. The molecule has 0 radical (unpaired) electrons. The number of aliphatic hydroxyl groups excluding tert-OH is 1. The Morgan fingerprint density at radius 3 is 2.65 bits per heavy atom. The highest BCUT2D eigenvalue weighted by molar-refractivity contribution is 6.33. The van der Waals surface area contributed by atoms with Gasteiger partial charge in [-0.05, 0) is 50.3 Å². The number of aliphatic hydroxyl groups is 1. The minimum absolute atomic E-state index is 0.125. The standard InChI is InChI=1S/C15H21ClN2O2/c1-10-3-4-14(13(16)9-10)17-15(20)18-7-5-12(6-8-18)11(2)19/h3-4,9,11-12,19H,5-8H2,1-2H3,(H,17,20). The van der Waals surface area contributed by atoms with Gasteiger partial charge >= 0.3 is 6.03 Å². The van der Waals surface area contributed by atoms with E-state index in [-0.39, 0.29) is 12.1 Å². The number of hydrogen-bond acceptors (Lipinski definition) is 2. The molecule has 0 bridgehead atoms. The number of likely N-dealkylation sites (tertiary alicyclic amines) is 1. The van der Waals surface area contributed by atoms with Gasteiger partial charge in [0.15, 0.2) is 0 Å². The summed E-state index contributed by atoms with van der Waals surface area (Å²) in [5.41, 5.74) is 1.70. The average Bonchev–Trinajstić information content (AvgIpc) is 2.42. The molecule has 1 unspecified atom stereocenters. The molecule has 5 heteroatoms. The van der Waals surface area contributed by atoms with Crippen molar-refractivity contribution in [3.8, 4) is 0 Å². The van der Waals surface area contributed by atoms with E-state index in [0.717, 1.165) is 18.4 Å². The molecule has 0 aromatic heterocycles. The topological polar surface area (TPSA) is 52.6 Å². The molecule has 1 aliphatic heterocycles. The summed E-state index contributed by atoms with van der Waals surface area (Å²) in [6, 6.07) is 5.44. The Labute approximate surface area is 124 Å². The van der Waals surface area contributed by atoms with Crippen molar-refractivity contribution in [2.45, 2.75) is 32.8 Å². The lowest BCUT2D eigenvalue weighted by Gasteiger charge is -2.33. The molecule has 0 saturated carbocycles. The number of hydrogen-bond donors (Lipinski definition) is 2. The van der Waals surface area contributed by atoms with Crippen molar-refractivity contribution in [2.24, 2.45) is 5.92 Å². The fraction of sp³-hybridized carbons (Fsp3) is 0.533. The van der Waals surface area contributed by atoms with Gasteiger partial charge in [0.1, 0.15) is 0 Å². The number of nitrogens with zero attached hydrogens (tertiary/aromatic N) is 1. The third-order valence-electron chi connectivity index (χ3n) is 3.88. The van der Waals surface area contributed by atoms with Crippen molar-refractivity contribution >= 4 is 23.3 Å². The summed E-state index contributed by atoms with van der Waals surface area (Å²) in [4.78, 5) is 13.9. The fourth-order valence-corrected chi connectivity index (χ4v) is 2.78. The Morgan fingerprint density at radius 1 is 1.45 bits per heavy atom. The lowest BCUT2D eigenvalue weighted by molar-refractivity contribution is 0.0820. The number of amides is 2. The van der Waals surface area contributed by atoms with Crippen molar-refractivity contribution in [3.63, 3.8) is 0 Å². The molecule has 1 heterocycles. The Morgan fingerprint density at radius 2 is 2.10 bits per heavy atom. The molecular formula is C15H21ClN2O2. The fourth-order valence-electron chi connectivity index (χ4n) is 2.50. The number of urea groups is 1. The van der Waals surface area contributed by atoms with Crippen LogP contribution in [0.3, 0.4) is 0 Å². The zero-order chi connectivity index (χ0) is 14.7. The van der Waals surface area contributed by atoms with E-state index in [4.69, 9.17) is 11.6 Å². The maximum absolute atomic E-state index is 12.2. The Hall–Kier alpha value is -1.26. The first-order valence-electron chi connectivity index (χ1n) is 6.97. The largest absolute Gasteiger partial charge is 0.393 e. The second kappa shape index (κ2) is 6.46. The van der Waals surface area contributed by atoms with Crippen molar-refractivity contribution in [2.75, 3.05) is 18.4 Å². The van der Waals surface area contributed by atoms with Crippen LogP contribution in [-0.4, -0.2) is 35.2 Å². The van der Waals surface area contributed by atoms with Crippen LogP contribution >= 0.6 is 11.6 Å². The quantitative estimate of drug-likeness (QED) is 0.880. The molecule has 2 amide bonds. The SMILES string of the molecule is Cc1ccc(NC(=O)N2CCC(C(C)O)CC2)c(Cl)c1. The highest BCUT2D eigenvalue weighted by atomic mass is 35.5. The van der Waals surface area contributed by atoms with Gasteiger partial charge in [0.2, 0.25) is 0 Å². The van der Waals surface area contributed by atoms with Crippen LogP contribution in [0.5, 0.6) is 0 Å². The maximum atomic E-state index is 12.2. The van der Waals surface area contributed by atoms with Crippen LogP contribution in [0, 0.1) is 12.8 Å². The van der Waals surface area contributed by atoms with E-state index in [9.17, 15) is 9.90 Å². The number of nitrogens with one attached hydrogen (secondary N) is 1. The first-order valence-corrected chi connectivity index (χ1v) is 7.35. The molecule has 1 aromatic carbocycles. The maximum Gasteiger partial charge on any atom is 0.321 e. The van der Waals surface area contributed by atoms with E-state index in [1.54, 1.807) is 4.90 Å². The molecule has 0 aliphatic carbocycles. The van der Waals surface area contributed by atoms with Crippen molar-refractivity contribution in [1.82, 2.24) is 4.90 Å². The second-order valence-corrected chi connectivity index (χ2v) is 5.89. The Kier molecular flexibility index (Phi) is 4.89. The van der Waals surface area contributed by atoms with E-state index in [2.05, 4.69) is 5.32 Å². The van der Waals surface area contributed by atoms with E-state index >= 15 is 0 Å². The predicted octanol–water partition coefficient (Wildman–Crippen LogP) is 3.27. The molecule has 2 N–H and O–H groups in total. The van der Waals surface area contributed by atoms with E-state index < -0.39 is 0 Å². The van der Waals surface area contributed by atoms with Gasteiger partial charge in [-0.25, -0.2) is 4.79 Å². The predicted molar refractivity (Wildman–Crippen MR) is 81.2 cm³/mol. The number of rotatable bonds is 2. The molecule has 2 rings (SSSR count). The van der Waals surface area contributed by atoms with E-state index in [1.807, 2.05) is 32.0 Å². The van der Waals surface area contributed by atoms with Gasteiger partial charge in [0.05, 0.1) is 16.8 Å². The molecule has 1 aromatic rings. The Balaban J connectivity index is 1.93. The number of aryl methyl sites for hydroxylation is 1. The number of carbonyl (C=O) groups is 1. The third kappa shape index (κ3) is 3.64. The van der Waals surface area contributed by atoms with Gasteiger partial charge in [0, 0.05) is 13.1 Å². The zero-order valence-electron chi connectivity index (χ0n) is 11.9. The molecule has 20 heavy (non-hydrogen) atoms. The molecule has 1 aliphatic rings. The zero-order valence-corrected chi connectivity index (χ0v) is 12.7. The number of anilines is 1. The van der Waals surface area contributed by atoms with Crippen LogP contribution in [-0.2, 0) is 0 Å².